The molecule has 1 aliphatic rings. The van der Waals surface area contributed by atoms with Crippen molar-refractivity contribution in [1.29, 1.82) is 0 Å². The van der Waals surface area contributed by atoms with Crippen LogP contribution >= 0.6 is 0 Å². The molecular weight excluding hydrogens is 217 g/mol. The molecule has 16 heavy (non-hydrogen) atoms. The first-order valence-electron chi connectivity index (χ1n) is 4.93. The third-order valence-corrected chi connectivity index (χ3v) is 2.65. The monoisotopic (exact) mass is 228 g/mol. The predicted octanol–water partition coefficient (Wildman–Crippen LogP) is 2.64. The van der Waals surface area contributed by atoms with Gasteiger partial charge in [-0.05, 0) is 17.7 Å². The minimum absolute atomic E-state index is 0.0343. The summed E-state index contributed by atoms with van der Waals surface area (Å²) in [6, 6.07) is 6.73. The van der Waals surface area contributed by atoms with Crippen LogP contribution in [0.25, 0.3) is 0 Å². The summed E-state index contributed by atoms with van der Waals surface area (Å²) in [6.45, 7) is -0.163. The van der Waals surface area contributed by atoms with Crippen LogP contribution < -0.4 is 5.73 Å². The highest BCUT2D eigenvalue weighted by atomic mass is 19.4. The summed E-state index contributed by atoms with van der Waals surface area (Å²) >= 11 is 0. The highest BCUT2D eigenvalue weighted by molar-refractivity contribution is 6.02. The Morgan fingerprint density at radius 1 is 1.19 bits per heavy atom. The number of alkyl halides is 3. The number of nitrogen functional groups attached to an aromatic ring is 1. The fourth-order valence-electron chi connectivity index (χ4n) is 1.69. The SMILES string of the molecule is Nc1ccc(C2=NCC(C(F)(F)F)C2)cc1. The van der Waals surface area contributed by atoms with Gasteiger partial charge in [0, 0.05) is 17.8 Å². The lowest BCUT2D eigenvalue weighted by Crippen LogP contribution is -2.23. The van der Waals surface area contributed by atoms with E-state index >= 15 is 0 Å². The van der Waals surface area contributed by atoms with Gasteiger partial charge in [-0.15, -0.1) is 0 Å². The molecule has 2 nitrogen and oxygen atoms in total. The standard InChI is InChI=1S/C11H11F3N2/c12-11(13,14)8-5-10(16-6-8)7-1-3-9(15)4-2-7/h1-4,8H,5-6,15H2. The number of halogens is 3. The van der Waals surface area contributed by atoms with Crippen molar-refractivity contribution in [3.63, 3.8) is 0 Å². The Kier molecular flexibility index (Phi) is 2.61. The molecule has 1 aromatic rings. The second-order valence-electron chi connectivity index (χ2n) is 3.85. The molecule has 0 radical (unpaired) electrons. The van der Waals surface area contributed by atoms with Crippen molar-refractivity contribution < 1.29 is 13.2 Å². The van der Waals surface area contributed by atoms with Crippen molar-refractivity contribution in [1.82, 2.24) is 0 Å². The summed E-state index contributed by atoms with van der Waals surface area (Å²) in [7, 11) is 0. The summed E-state index contributed by atoms with van der Waals surface area (Å²) in [5, 5.41) is 0. The fraction of sp³-hybridized carbons (Fsp3) is 0.364. The summed E-state index contributed by atoms with van der Waals surface area (Å²) in [4.78, 5) is 3.94. The lowest BCUT2D eigenvalue weighted by Gasteiger charge is -2.12. The minimum Gasteiger partial charge on any atom is -0.399 e. The van der Waals surface area contributed by atoms with Crippen LogP contribution in [0, 0.1) is 5.92 Å². The van der Waals surface area contributed by atoms with Gasteiger partial charge in [-0.3, -0.25) is 4.99 Å². The molecular formula is C11H11F3N2. The van der Waals surface area contributed by atoms with Gasteiger partial charge in [-0.1, -0.05) is 12.1 Å². The molecule has 2 N–H and O–H groups in total. The second-order valence-corrected chi connectivity index (χ2v) is 3.85. The van der Waals surface area contributed by atoms with Crippen molar-refractivity contribution in [2.75, 3.05) is 12.3 Å². The molecule has 1 atom stereocenters. The van der Waals surface area contributed by atoms with Gasteiger partial charge >= 0.3 is 6.18 Å². The molecule has 2 rings (SSSR count). The predicted molar refractivity (Wildman–Crippen MR) is 56.4 cm³/mol. The molecule has 0 saturated carbocycles. The third kappa shape index (κ3) is 2.18. The van der Waals surface area contributed by atoms with E-state index in [1.165, 1.54) is 0 Å². The summed E-state index contributed by atoms with van der Waals surface area (Å²) in [6.07, 6.45) is -4.19. The molecule has 1 aliphatic heterocycles. The first-order valence-corrected chi connectivity index (χ1v) is 4.93. The van der Waals surface area contributed by atoms with Crippen LogP contribution in [0.15, 0.2) is 29.3 Å². The zero-order valence-corrected chi connectivity index (χ0v) is 8.46. The van der Waals surface area contributed by atoms with Crippen molar-refractivity contribution in [2.45, 2.75) is 12.6 Å². The Hall–Kier alpha value is -1.52. The summed E-state index contributed by atoms with van der Waals surface area (Å²) < 4.78 is 37.3. The largest absolute Gasteiger partial charge is 0.399 e. The van der Waals surface area contributed by atoms with Gasteiger partial charge in [0.15, 0.2) is 0 Å². The Labute approximate surface area is 91.0 Å². The topological polar surface area (TPSA) is 38.4 Å². The normalized spacial score (nSPS) is 20.9. The molecule has 1 unspecified atom stereocenters. The van der Waals surface area contributed by atoms with E-state index in [2.05, 4.69) is 4.99 Å². The van der Waals surface area contributed by atoms with Gasteiger partial charge in [0.25, 0.3) is 0 Å². The summed E-state index contributed by atoms with van der Waals surface area (Å²) in [5.41, 5.74) is 7.33. The van der Waals surface area contributed by atoms with E-state index in [0.29, 0.717) is 11.4 Å². The van der Waals surface area contributed by atoms with Gasteiger partial charge < -0.3 is 5.73 Å². The molecule has 0 bridgehead atoms. The number of hydrogen-bond donors (Lipinski definition) is 1. The van der Waals surface area contributed by atoms with Gasteiger partial charge in [-0.2, -0.15) is 13.2 Å². The number of benzene rings is 1. The zero-order valence-electron chi connectivity index (χ0n) is 8.46. The maximum Gasteiger partial charge on any atom is 0.393 e. The minimum atomic E-state index is -4.15. The maximum absolute atomic E-state index is 12.4. The van der Waals surface area contributed by atoms with E-state index in [1.54, 1.807) is 24.3 Å². The second kappa shape index (κ2) is 3.81. The van der Waals surface area contributed by atoms with Crippen LogP contribution in [0.3, 0.4) is 0 Å². The Bertz CT molecular complexity index is 406. The van der Waals surface area contributed by atoms with Crippen LogP contribution in [0.2, 0.25) is 0 Å². The smallest absolute Gasteiger partial charge is 0.393 e. The van der Waals surface area contributed by atoms with Crippen LogP contribution in [0.5, 0.6) is 0 Å². The van der Waals surface area contributed by atoms with E-state index in [4.69, 9.17) is 5.73 Å². The Morgan fingerprint density at radius 2 is 1.81 bits per heavy atom. The molecule has 0 aromatic heterocycles. The lowest BCUT2D eigenvalue weighted by atomic mass is 10.0. The quantitative estimate of drug-likeness (QED) is 0.737. The zero-order chi connectivity index (χ0) is 11.8. The number of nitrogens with zero attached hydrogens (tertiary/aromatic N) is 1. The molecule has 0 fully saturated rings. The van der Waals surface area contributed by atoms with Gasteiger partial charge in [0.2, 0.25) is 0 Å². The summed E-state index contributed by atoms with van der Waals surface area (Å²) in [5.74, 6) is -1.33. The van der Waals surface area contributed by atoms with Crippen LogP contribution in [-0.4, -0.2) is 18.4 Å². The van der Waals surface area contributed by atoms with E-state index in [1.807, 2.05) is 0 Å². The Balaban J connectivity index is 2.12. The van der Waals surface area contributed by atoms with Gasteiger partial charge in [0.1, 0.15) is 0 Å². The first kappa shape index (κ1) is 11.0. The van der Waals surface area contributed by atoms with Crippen molar-refractivity contribution in [2.24, 2.45) is 10.9 Å². The molecule has 5 heteroatoms. The van der Waals surface area contributed by atoms with Crippen molar-refractivity contribution in [3.05, 3.63) is 29.8 Å². The van der Waals surface area contributed by atoms with E-state index < -0.39 is 12.1 Å². The fourth-order valence-corrected chi connectivity index (χ4v) is 1.69. The van der Waals surface area contributed by atoms with Gasteiger partial charge in [0.05, 0.1) is 12.5 Å². The van der Waals surface area contributed by atoms with Gasteiger partial charge in [-0.25, -0.2) is 0 Å². The van der Waals surface area contributed by atoms with E-state index in [9.17, 15) is 13.2 Å². The van der Waals surface area contributed by atoms with E-state index in [0.717, 1.165) is 5.56 Å². The average Bonchev–Trinajstić information content (AvgIpc) is 2.67. The third-order valence-electron chi connectivity index (χ3n) is 2.65. The van der Waals surface area contributed by atoms with Crippen molar-refractivity contribution in [3.8, 4) is 0 Å². The maximum atomic E-state index is 12.4. The van der Waals surface area contributed by atoms with Crippen LogP contribution in [-0.2, 0) is 0 Å². The number of aliphatic imine (C=N–C) groups is 1. The van der Waals surface area contributed by atoms with E-state index in [-0.39, 0.29) is 13.0 Å². The molecule has 1 heterocycles. The molecule has 86 valence electrons. The number of hydrogen-bond acceptors (Lipinski definition) is 2. The van der Waals surface area contributed by atoms with Crippen LogP contribution in [0.4, 0.5) is 18.9 Å². The molecule has 0 spiro atoms. The highest BCUT2D eigenvalue weighted by Crippen LogP contribution is 2.33. The van der Waals surface area contributed by atoms with Crippen LogP contribution in [0.1, 0.15) is 12.0 Å². The van der Waals surface area contributed by atoms with Crippen molar-refractivity contribution >= 4 is 11.4 Å². The number of nitrogens with two attached hydrogens (primary N) is 1. The molecule has 1 aromatic carbocycles. The average molecular weight is 228 g/mol. The number of anilines is 1. The molecule has 0 aliphatic carbocycles. The molecule has 0 amide bonds. The Morgan fingerprint density at radius 3 is 2.31 bits per heavy atom. The molecule has 0 saturated heterocycles. The number of rotatable bonds is 1. The highest BCUT2D eigenvalue weighted by Gasteiger charge is 2.42. The lowest BCUT2D eigenvalue weighted by molar-refractivity contribution is -0.167. The first-order chi connectivity index (χ1) is 7.47.